The molecule has 0 bridgehead atoms. The molecule has 6 heteroatoms. The van der Waals surface area contributed by atoms with Gasteiger partial charge < -0.3 is 11.5 Å². The van der Waals surface area contributed by atoms with Crippen LogP contribution in [0.1, 0.15) is 11.1 Å². The first kappa shape index (κ1) is 13.1. The molecule has 0 heterocycles. The Morgan fingerprint density at radius 1 is 1.07 bits per heavy atom. The quantitative estimate of drug-likeness (QED) is 0.423. The van der Waals surface area contributed by atoms with Crippen molar-refractivity contribution < 1.29 is 32.6 Å². The van der Waals surface area contributed by atoms with Gasteiger partial charge in [0.1, 0.15) is 0 Å². The Morgan fingerprint density at radius 2 is 1.57 bits per heavy atom. The van der Waals surface area contributed by atoms with Gasteiger partial charge in [-0.2, -0.15) is 31.7 Å². The minimum absolute atomic E-state index is 0. The molecule has 1 aromatic carbocycles. The van der Waals surface area contributed by atoms with Crippen molar-refractivity contribution in [2.45, 2.75) is 6.18 Å². The summed E-state index contributed by atoms with van der Waals surface area (Å²) in [4.78, 5) is 0. The van der Waals surface area contributed by atoms with Crippen LogP contribution in [0, 0.1) is 6.92 Å². The summed E-state index contributed by atoms with van der Waals surface area (Å²) in [6, 6.07) is 2.06. The summed E-state index contributed by atoms with van der Waals surface area (Å²) in [6.07, 6.45) is -4.47. The van der Waals surface area contributed by atoms with Crippen LogP contribution in [0.5, 0.6) is 0 Å². The molecule has 0 saturated heterocycles. The summed E-state index contributed by atoms with van der Waals surface area (Å²) in [5.74, 6) is 0. The van der Waals surface area contributed by atoms with E-state index >= 15 is 0 Å². The molecule has 0 aliphatic rings. The Kier molecular flexibility index (Phi) is 3.83. The number of halogens is 3. The maximum Gasteiger partial charge on any atom is 0.416 e. The molecule has 0 radical (unpaired) electrons. The zero-order chi connectivity index (χ0) is 10.2. The van der Waals surface area contributed by atoms with Crippen molar-refractivity contribution in [1.29, 1.82) is 0 Å². The third-order valence-electron chi connectivity index (χ3n) is 1.68. The minimum atomic E-state index is -4.47. The van der Waals surface area contributed by atoms with Gasteiger partial charge in [-0.05, 0) is 5.69 Å². The monoisotopic (exact) mass is 253 g/mol. The Labute approximate surface area is 92.2 Å². The number of hydrogen-bond acceptors (Lipinski definition) is 2. The van der Waals surface area contributed by atoms with Crippen molar-refractivity contribution in [3.8, 4) is 0 Å². The number of rotatable bonds is 0. The molecule has 2 nitrogen and oxygen atoms in total. The topological polar surface area (TPSA) is 52.0 Å². The van der Waals surface area contributed by atoms with Gasteiger partial charge in [0, 0.05) is 25.2 Å². The summed E-state index contributed by atoms with van der Waals surface area (Å²) in [6.45, 7) is 3.43. The Balaban J connectivity index is 0.00000169. The van der Waals surface area contributed by atoms with Gasteiger partial charge in [0.15, 0.2) is 0 Å². The van der Waals surface area contributed by atoms with E-state index in [0.717, 1.165) is 6.07 Å². The third-order valence-corrected chi connectivity index (χ3v) is 1.68. The van der Waals surface area contributed by atoms with Crippen LogP contribution in [0.3, 0.4) is 0 Å². The standard InChI is InChI=1S/C8H8F3N2.Zn/c1-4-2-3-5(8(9,10)11)7(13)6(4)12;/h2-3H,1,12-13H2;/q-1;. The summed E-state index contributed by atoms with van der Waals surface area (Å²) < 4.78 is 36.6. The Morgan fingerprint density at radius 3 is 2.00 bits per heavy atom. The largest absolute Gasteiger partial charge is 0.447 e. The van der Waals surface area contributed by atoms with E-state index in [4.69, 9.17) is 11.5 Å². The summed E-state index contributed by atoms with van der Waals surface area (Å²) >= 11 is 0. The van der Waals surface area contributed by atoms with Crippen LogP contribution in [-0.2, 0) is 25.7 Å². The molecule has 0 fully saturated rings. The molecule has 0 aliphatic heterocycles. The molecule has 74 valence electrons. The van der Waals surface area contributed by atoms with E-state index in [1.807, 2.05) is 0 Å². The van der Waals surface area contributed by atoms with Gasteiger partial charge in [0.2, 0.25) is 0 Å². The van der Waals surface area contributed by atoms with Crippen LogP contribution in [0.25, 0.3) is 0 Å². The number of hydrogen-bond donors (Lipinski definition) is 2. The molecule has 0 amide bonds. The molecule has 4 N–H and O–H groups in total. The third kappa shape index (κ3) is 2.32. The van der Waals surface area contributed by atoms with Crippen LogP contribution in [-0.4, -0.2) is 0 Å². The molecule has 1 aromatic rings. The first-order valence-electron chi connectivity index (χ1n) is 3.41. The van der Waals surface area contributed by atoms with Crippen LogP contribution in [0.4, 0.5) is 24.5 Å². The summed E-state index contributed by atoms with van der Waals surface area (Å²) in [7, 11) is 0. The molecule has 1 rings (SSSR count). The molecule has 0 aromatic heterocycles. The number of anilines is 2. The number of alkyl halides is 3. The first-order chi connectivity index (χ1) is 5.84. The number of benzene rings is 1. The zero-order valence-corrected chi connectivity index (χ0v) is 10.3. The normalized spacial score (nSPS) is 10.8. The van der Waals surface area contributed by atoms with Gasteiger partial charge in [-0.15, -0.1) is 6.07 Å². The van der Waals surface area contributed by atoms with Crippen molar-refractivity contribution in [1.82, 2.24) is 0 Å². The number of nitrogens with two attached hydrogens (primary N) is 2. The maximum absolute atomic E-state index is 12.2. The van der Waals surface area contributed by atoms with Gasteiger partial charge >= 0.3 is 6.18 Å². The van der Waals surface area contributed by atoms with Crippen LogP contribution >= 0.6 is 0 Å². The molecule has 0 saturated carbocycles. The molecule has 0 spiro atoms. The fourth-order valence-corrected chi connectivity index (χ4v) is 0.929. The van der Waals surface area contributed by atoms with E-state index < -0.39 is 17.4 Å². The van der Waals surface area contributed by atoms with E-state index in [-0.39, 0.29) is 25.2 Å². The van der Waals surface area contributed by atoms with E-state index in [1.165, 1.54) is 6.07 Å². The molecule has 0 aliphatic carbocycles. The average molecular weight is 255 g/mol. The van der Waals surface area contributed by atoms with E-state index in [1.54, 1.807) is 0 Å². The predicted molar refractivity (Wildman–Crippen MR) is 44.7 cm³/mol. The Hall–Kier alpha value is -0.897. The smallest absolute Gasteiger partial charge is 0.416 e. The second-order valence-electron chi connectivity index (χ2n) is 2.60. The van der Waals surface area contributed by atoms with Gasteiger partial charge in [0.25, 0.3) is 0 Å². The van der Waals surface area contributed by atoms with Crippen molar-refractivity contribution in [3.63, 3.8) is 0 Å². The van der Waals surface area contributed by atoms with Crippen molar-refractivity contribution in [2.75, 3.05) is 11.5 Å². The first-order valence-corrected chi connectivity index (χ1v) is 3.41. The molecular formula is C8H8F3N2Zn-. The summed E-state index contributed by atoms with van der Waals surface area (Å²) in [5.41, 5.74) is 9.28. The fraction of sp³-hybridized carbons (Fsp3) is 0.125. The molecule has 14 heavy (non-hydrogen) atoms. The van der Waals surface area contributed by atoms with Gasteiger partial charge in [-0.25, -0.2) is 0 Å². The van der Waals surface area contributed by atoms with E-state index in [9.17, 15) is 13.2 Å². The van der Waals surface area contributed by atoms with Gasteiger partial charge in [-0.3, -0.25) is 0 Å². The predicted octanol–water partition coefficient (Wildman–Crippen LogP) is 2.05. The van der Waals surface area contributed by atoms with Crippen LogP contribution in [0.2, 0.25) is 0 Å². The van der Waals surface area contributed by atoms with Crippen LogP contribution < -0.4 is 11.5 Å². The second-order valence-corrected chi connectivity index (χ2v) is 2.60. The zero-order valence-electron chi connectivity index (χ0n) is 7.36. The average Bonchev–Trinajstić information content (AvgIpc) is 1.98. The minimum Gasteiger partial charge on any atom is -0.447 e. The summed E-state index contributed by atoms with van der Waals surface area (Å²) in [5, 5.41) is 0. The van der Waals surface area contributed by atoms with Crippen molar-refractivity contribution >= 4 is 11.4 Å². The van der Waals surface area contributed by atoms with Gasteiger partial charge in [-0.1, -0.05) is 0 Å². The second kappa shape index (κ2) is 4.09. The fourth-order valence-electron chi connectivity index (χ4n) is 0.929. The van der Waals surface area contributed by atoms with E-state index in [0.29, 0.717) is 5.56 Å². The maximum atomic E-state index is 12.2. The van der Waals surface area contributed by atoms with Crippen LogP contribution in [0.15, 0.2) is 12.1 Å². The Bertz CT molecular complexity index is 336. The molecule has 0 atom stereocenters. The number of nitrogen functional groups attached to an aromatic ring is 2. The van der Waals surface area contributed by atoms with E-state index in [2.05, 4.69) is 6.92 Å². The SMILES string of the molecule is [CH2-]c1ccc(C(F)(F)F)c(N)c1N.[Zn]. The molecule has 0 unspecified atom stereocenters. The van der Waals surface area contributed by atoms with Crippen molar-refractivity contribution in [3.05, 3.63) is 30.2 Å². The van der Waals surface area contributed by atoms with Crippen molar-refractivity contribution in [2.24, 2.45) is 0 Å². The van der Waals surface area contributed by atoms with Gasteiger partial charge in [0.05, 0.1) is 5.56 Å². The molecular weight excluding hydrogens is 246 g/mol.